The van der Waals surface area contributed by atoms with Crippen LogP contribution in [0, 0.1) is 28.1 Å². The monoisotopic (exact) mass is 566 g/mol. The summed E-state index contributed by atoms with van der Waals surface area (Å²) in [7, 11) is -1.91. The fraction of sp³-hybridized carbons (Fsp3) is 0.560. The van der Waals surface area contributed by atoms with Gasteiger partial charge in [0.25, 0.3) is 5.91 Å². The summed E-state index contributed by atoms with van der Waals surface area (Å²) in [6, 6.07) is 5.58. The lowest BCUT2D eigenvalue weighted by Crippen LogP contribution is -2.41. The van der Waals surface area contributed by atoms with Crippen molar-refractivity contribution in [1.82, 2.24) is 19.9 Å². The van der Waals surface area contributed by atoms with E-state index < -0.39 is 39.0 Å². The Bertz CT molecular complexity index is 1410. The minimum Gasteiger partial charge on any atom is -0.493 e. The standard InChI is InChI=1S/C25H29F3N6O4S/c1-4-20-33-21(23(35)32-15-24(14-30)8-6-17(7-9-24)39(3,36)37)18(12-29)34(20)22-19(38-2)11-16(13-31-22)5-10-25(26,27)28/h11,13,17H,4-10,15H2,1-3H3,(H,32,35). The van der Waals surface area contributed by atoms with Gasteiger partial charge in [-0.2, -0.15) is 23.7 Å². The highest BCUT2D eigenvalue weighted by molar-refractivity contribution is 7.91. The Morgan fingerprint density at radius 1 is 1.31 bits per heavy atom. The van der Waals surface area contributed by atoms with Crippen molar-refractivity contribution >= 4 is 15.7 Å². The first-order valence-electron chi connectivity index (χ1n) is 12.3. The molecular weight excluding hydrogens is 537 g/mol. The topological polar surface area (TPSA) is 151 Å². The third-order valence-electron chi connectivity index (χ3n) is 6.92. The van der Waals surface area contributed by atoms with Crippen LogP contribution in [0.2, 0.25) is 0 Å². The number of aryl methyl sites for hydroxylation is 2. The quantitative estimate of drug-likeness (QED) is 0.485. The molecule has 1 N–H and O–H groups in total. The van der Waals surface area contributed by atoms with Crippen LogP contribution in [-0.2, 0) is 22.7 Å². The van der Waals surface area contributed by atoms with Crippen molar-refractivity contribution in [2.75, 3.05) is 19.9 Å². The molecule has 2 aromatic heterocycles. The van der Waals surface area contributed by atoms with Gasteiger partial charge in [-0.25, -0.2) is 18.4 Å². The third kappa shape index (κ3) is 6.87. The van der Waals surface area contributed by atoms with Gasteiger partial charge < -0.3 is 10.1 Å². The minimum atomic E-state index is -4.33. The first-order chi connectivity index (χ1) is 18.3. The summed E-state index contributed by atoms with van der Waals surface area (Å²) in [4.78, 5) is 21.7. The number of hydrogen-bond acceptors (Lipinski definition) is 8. The molecule has 1 saturated carbocycles. The van der Waals surface area contributed by atoms with Crippen molar-refractivity contribution in [3.05, 3.63) is 35.0 Å². The Morgan fingerprint density at radius 3 is 2.49 bits per heavy atom. The Hall–Kier alpha value is -3.65. The fourth-order valence-electron chi connectivity index (χ4n) is 4.65. The molecular formula is C25H29F3N6O4S. The van der Waals surface area contributed by atoms with Crippen molar-refractivity contribution in [2.24, 2.45) is 5.41 Å². The maximum atomic E-state index is 13.1. The van der Waals surface area contributed by atoms with Gasteiger partial charge in [-0.05, 0) is 43.7 Å². The number of carbonyl (C=O) groups excluding carboxylic acids is 1. The average Bonchev–Trinajstić information content (AvgIpc) is 3.28. The van der Waals surface area contributed by atoms with Gasteiger partial charge in [0.1, 0.15) is 21.7 Å². The van der Waals surface area contributed by atoms with Gasteiger partial charge in [-0.1, -0.05) is 6.92 Å². The van der Waals surface area contributed by atoms with E-state index in [2.05, 4.69) is 21.4 Å². The van der Waals surface area contributed by atoms with Crippen LogP contribution < -0.4 is 10.1 Å². The number of amides is 1. The van der Waals surface area contributed by atoms with E-state index in [0.29, 0.717) is 31.5 Å². The molecule has 0 aromatic carbocycles. The van der Waals surface area contributed by atoms with Gasteiger partial charge in [0.2, 0.25) is 0 Å². The molecule has 3 rings (SSSR count). The minimum absolute atomic E-state index is 0.0481. The zero-order valence-corrected chi connectivity index (χ0v) is 22.6. The maximum Gasteiger partial charge on any atom is 0.389 e. The number of rotatable bonds is 9. The molecule has 1 aliphatic carbocycles. The molecule has 0 atom stereocenters. The molecule has 0 aliphatic heterocycles. The van der Waals surface area contributed by atoms with Gasteiger partial charge in [0.05, 0.1) is 23.8 Å². The number of alkyl halides is 3. The van der Waals surface area contributed by atoms with Gasteiger partial charge in [0.15, 0.2) is 23.0 Å². The molecule has 2 aromatic rings. The number of hydrogen-bond donors (Lipinski definition) is 1. The zero-order valence-electron chi connectivity index (χ0n) is 21.8. The summed E-state index contributed by atoms with van der Waals surface area (Å²) in [5.41, 5.74) is -1.01. The summed E-state index contributed by atoms with van der Waals surface area (Å²) < 4.78 is 68.4. The first kappa shape index (κ1) is 29.9. The molecule has 14 heteroatoms. The number of methoxy groups -OCH3 is 1. The molecule has 0 spiro atoms. The lowest BCUT2D eigenvalue weighted by molar-refractivity contribution is -0.134. The van der Waals surface area contributed by atoms with Crippen molar-refractivity contribution in [3.63, 3.8) is 0 Å². The molecule has 0 bridgehead atoms. The van der Waals surface area contributed by atoms with Crippen LogP contribution >= 0.6 is 0 Å². The van der Waals surface area contributed by atoms with E-state index in [1.54, 1.807) is 6.92 Å². The van der Waals surface area contributed by atoms with Crippen molar-refractivity contribution in [1.29, 1.82) is 10.5 Å². The molecule has 10 nitrogen and oxygen atoms in total. The molecule has 39 heavy (non-hydrogen) atoms. The van der Waals surface area contributed by atoms with Crippen LogP contribution in [0.4, 0.5) is 13.2 Å². The second-order valence-corrected chi connectivity index (χ2v) is 11.9. The first-order valence-corrected chi connectivity index (χ1v) is 14.2. The third-order valence-corrected chi connectivity index (χ3v) is 8.60. The van der Waals surface area contributed by atoms with Crippen LogP contribution in [0.1, 0.15) is 66.6 Å². The average molecular weight is 567 g/mol. The maximum absolute atomic E-state index is 13.1. The second kappa shape index (κ2) is 11.6. The molecule has 0 radical (unpaired) electrons. The highest BCUT2D eigenvalue weighted by atomic mass is 32.2. The number of carbonyl (C=O) groups is 1. The zero-order chi connectivity index (χ0) is 29.0. The molecule has 1 fully saturated rings. The molecule has 210 valence electrons. The largest absolute Gasteiger partial charge is 0.493 e. The van der Waals surface area contributed by atoms with Gasteiger partial charge in [-0.3, -0.25) is 9.36 Å². The van der Waals surface area contributed by atoms with E-state index >= 15 is 0 Å². The Labute approximate surface area is 224 Å². The number of sulfone groups is 1. The lowest BCUT2D eigenvalue weighted by atomic mass is 9.75. The van der Waals surface area contributed by atoms with Gasteiger partial charge in [-0.15, -0.1) is 0 Å². The summed E-state index contributed by atoms with van der Waals surface area (Å²) in [5, 5.41) is 21.9. The summed E-state index contributed by atoms with van der Waals surface area (Å²) in [5.74, 6) is -0.188. The normalized spacial score (nSPS) is 19.6. The van der Waals surface area contributed by atoms with E-state index in [1.165, 1.54) is 30.2 Å². The summed E-state index contributed by atoms with van der Waals surface area (Å²) >= 11 is 0. The van der Waals surface area contributed by atoms with Crippen LogP contribution in [0.5, 0.6) is 5.75 Å². The fourth-order valence-corrected chi connectivity index (χ4v) is 5.74. The van der Waals surface area contributed by atoms with E-state index in [4.69, 9.17) is 4.74 Å². The van der Waals surface area contributed by atoms with Gasteiger partial charge >= 0.3 is 6.18 Å². The van der Waals surface area contributed by atoms with E-state index in [0.717, 1.165) is 0 Å². The Balaban J connectivity index is 1.87. The number of aromatic nitrogens is 3. The highest BCUT2D eigenvalue weighted by Crippen LogP contribution is 2.37. The number of imidazole rings is 1. The number of halogens is 3. The summed E-state index contributed by atoms with van der Waals surface area (Å²) in [6.45, 7) is 1.70. The van der Waals surface area contributed by atoms with Crippen LogP contribution in [0.15, 0.2) is 12.3 Å². The Morgan fingerprint density at radius 2 is 1.97 bits per heavy atom. The van der Waals surface area contributed by atoms with E-state index in [9.17, 15) is 36.9 Å². The van der Waals surface area contributed by atoms with Crippen LogP contribution in [0.3, 0.4) is 0 Å². The molecule has 1 aliphatic rings. The number of nitrogens with one attached hydrogen (secondary N) is 1. The summed E-state index contributed by atoms with van der Waals surface area (Å²) in [6.07, 6.45) is -1.74. The van der Waals surface area contributed by atoms with Crippen molar-refractivity contribution in [3.8, 4) is 23.7 Å². The van der Waals surface area contributed by atoms with Crippen LogP contribution in [-0.4, -0.2) is 60.2 Å². The number of nitrogens with zero attached hydrogens (tertiary/aromatic N) is 5. The van der Waals surface area contributed by atoms with E-state index in [-0.39, 0.29) is 47.9 Å². The smallest absolute Gasteiger partial charge is 0.389 e. The number of pyridine rings is 1. The van der Waals surface area contributed by atoms with Crippen molar-refractivity contribution in [2.45, 2.75) is 63.3 Å². The van der Waals surface area contributed by atoms with Crippen molar-refractivity contribution < 1.29 is 31.1 Å². The van der Waals surface area contributed by atoms with Gasteiger partial charge in [0, 0.05) is 31.8 Å². The predicted octanol–water partition coefficient (Wildman–Crippen LogP) is 3.43. The number of ether oxygens (including phenoxy) is 1. The molecule has 1 amide bonds. The SMILES string of the molecule is CCc1nc(C(=O)NCC2(C#N)CCC(S(C)(=O)=O)CC2)c(C#N)n1-c1ncc(CCC(F)(F)F)cc1OC. The second-order valence-electron chi connectivity index (χ2n) is 9.61. The predicted molar refractivity (Wildman–Crippen MR) is 134 cm³/mol. The molecule has 0 unspecified atom stereocenters. The molecule has 2 heterocycles. The van der Waals surface area contributed by atoms with Crippen LogP contribution in [0.25, 0.3) is 5.82 Å². The highest BCUT2D eigenvalue weighted by Gasteiger charge is 2.39. The molecule has 0 saturated heterocycles. The lowest BCUT2D eigenvalue weighted by Gasteiger charge is -2.34. The number of nitriles is 2. The Kier molecular flexibility index (Phi) is 8.91. The van der Waals surface area contributed by atoms with E-state index in [1.807, 2.05) is 6.07 Å².